The lowest BCUT2D eigenvalue weighted by atomic mass is 10.1. The van der Waals surface area contributed by atoms with Crippen LogP contribution in [0.2, 0.25) is 0 Å². The second-order valence-electron chi connectivity index (χ2n) is 8.27. The number of primary amides is 1. The quantitative estimate of drug-likeness (QED) is 0.436. The Labute approximate surface area is 199 Å². The number of aromatic nitrogens is 1. The van der Waals surface area contributed by atoms with E-state index in [-0.39, 0.29) is 28.6 Å². The number of amides is 3. The van der Waals surface area contributed by atoms with Crippen LogP contribution in [0.15, 0.2) is 12.1 Å². The largest absolute Gasteiger partial charge is 0.493 e. The maximum Gasteiger partial charge on any atom is 0.319 e. The van der Waals surface area contributed by atoms with E-state index >= 15 is 0 Å². The molecule has 0 bridgehead atoms. The van der Waals surface area contributed by atoms with E-state index in [2.05, 4.69) is 19.9 Å². The van der Waals surface area contributed by atoms with Crippen molar-refractivity contribution in [1.29, 1.82) is 0 Å². The molecule has 0 aliphatic carbocycles. The zero-order valence-corrected chi connectivity index (χ0v) is 19.4. The first-order chi connectivity index (χ1) is 16.4. The lowest BCUT2D eigenvalue weighted by Gasteiger charge is -2.14. The summed E-state index contributed by atoms with van der Waals surface area (Å²) in [6, 6.07) is 2.47. The molecule has 2 aliphatic rings. The van der Waals surface area contributed by atoms with Gasteiger partial charge >= 0.3 is 6.03 Å². The van der Waals surface area contributed by atoms with Gasteiger partial charge in [-0.05, 0) is 49.5 Å². The number of alkyl halides is 1. The van der Waals surface area contributed by atoms with Crippen LogP contribution in [0.3, 0.4) is 0 Å². The van der Waals surface area contributed by atoms with Crippen LogP contribution in [-0.2, 0) is 13.0 Å². The van der Waals surface area contributed by atoms with Gasteiger partial charge in [-0.1, -0.05) is 0 Å². The van der Waals surface area contributed by atoms with Crippen molar-refractivity contribution >= 4 is 28.5 Å². The Bertz CT molecular complexity index is 1050. The van der Waals surface area contributed by atoms with Crippen LogP contribution in [0.4, 0.5) is 18.6 Å². The number of unbranched alkanes of at least 4 members (excludes halogenated alkanes) is 1. The number of nitrogens with two attached hydrogens (primary N) is 1. The van der Waals surface area contributed by atoms with E-state index in [1.807, 2.05) is 0 Å². The number of anilines is 1. The summed E-state index contributed by atoms with van der Waals surface area (Å²) < 4.78 is 42.6. The van der Waals surface area contributed by atoms with Gasteiger partial charge in [0.2, 0.25) is 5.88 Å². The van der Waals surface area contributed by atoms with Gasteiger partial charge < -0.3 is 25.4 Å². The number of benzene rings is 1. The number of urea groups is 1. The summed E-state index contributed by atoms with van der Waals surface area (Å²) in [5.74, 6) is -0.731. The van der Waals surface area contributed by atoms with Crippen molar-refractivity contribution in [1.82, 2.24) is 14.6 Å². The van der Waals surface area contributed by atoms with Gasteiger partial charge in [0.25, 0.3) is 5.91 Å². The minimum Gasteiger partial charge on any atom is -0.493 e. The number of carbonyl (C=O) groups is 2. The molecule has 4 N–H and O–H groups in total. The third-order valence-electron chi connectivity index (χ3n) is 5.76. The zero-order chi connectivity index (χ0) is 24.1. The molecular weight excluding hydrogens is 468 g/mol. The first kappa shape index (κ1) is 24.1. The number of nitrogens with zero attached hydrogens (tertiary/aromatic N) is 2. The van der Waals surface area contributed by atoms with Crippen LogP contribution in [0.25, 0.3) is 0 Å². The molecule has 1 atom stereocenters. The van der Waals surface area contributed by atoms with Crippen LogP contribution in [-0.4, -0.2) is 60.2 Å². The third kappa shape index (κ3) is 5.92. The van der Waals surface area contributed by atoms with Gasteiger partial charge in [-0.15, -0.1) is 0 Å². The van der Waals surface area contributed by atoms with Gasteiger partial charge in [0.15, 0.2) is 0 Å². The summed E-state index contributed by atoms with van der Waals surface area (Å²) in [6.45, 7) is 2.79. The van der Waals surface area contributed by atoms with Gasteiger partial charge in [-0.2, -0.15) is 4.37 Å². The van der Waals surface area contributed by atoms with E-state index in [1.165, 1.54) is 6.07 Å². The molecule has 4 rings (SSSR count). The Hall–Kier alpha value is -2.99. The maximum atomic E-state index is 14.3. The number of likely N-dealkylation sites (tertiary alicyclic amines) is 1. The molecule has 3 amide bonds. The molecule has 34 heavy (non-hydrogen) atoms. The van der Waals surface area contributed by atoms with E-state index in [0.717, 1.165) is 43.0 Å². The summed E-state index contributed by atoms with van der Waals surface area (Å²) in [7, 11) is 0. The highest BCUT2D eigenvalue weighted by atomic mass is 32.1. The normalized spacial score (nSPS) is 17.3. The van der Waals surface area contributed by atoms with Gasteiger partial charge in [0.05, 0.1) is 6.61 Å². The van der Waals surface area contributed by atoms with E-state index in [0.29, 0.717) is 38.3 Å². The molecular formula is C22H27F2N5O4S. The molecule has 12 heteroatoms. The molecule has 9 nitrogen and oxygen atoms in total. The van der Waals surface area contributed by atoms with Crippen LogP contribution in [0, 0.1) is 5.82 Å². The summed E-state index contributed by atoms with van der Waals surface area (Å²) in [6.07, 6.45) is 2.07. The van der Waals surface area contributed by atoms with Crippen molar-refractivity contribution in [3.63, 3.8) is 0 Å². The molecule has 2 aliphatic heterocycles. The summed E-state index contributed by atoms with van der Waals surface area (Å²) in [5.41, 5.74) is 6.45. The fourth-order valence-electron chi connectivity index (χ4n) is 3.97. The van der Waals surface area contributed by atoms with Crippen LogP contribution < -0.4 is 25.8 Å². The number of rotatable bonds is 10. The van der Waals surface area contributed by atoms with E-state index < -0.39 is 23.9 Å². The standard InChI is InChI=1S/C22H27F2N5O4S/c23-15-3-7-29(11-15)6-2-1-5-26-22(31)27-21-18(19(25)30)20(28-34-21)33-12-14-10-17-13(4-8-32-17)9-16(14)24/h9-10,15H,1-8,11-12H2,(H2,25,30)(H2,26,27,31)/t15-/m1/s1. The Morgan fingerprint density at radius 2 is 2.21 bits per heavy atom. The zero-order valence-electron chi connectivity index (χ0n) is 18.6. The Balaban J connectivity index is 1.27. The average Bonchev–Trinajstić information content (AvgIpc) is 3.51. The molecule has 1 aromatic carbocycles. The van der Waals surface area contributed by atoms with Crippen LogP contribution >= 0.6 is 11.5 Å². The molecule has 1 aromatic heterocycles. The second kappa shape index (κ2) is 11.0. The van der Waals surface area contributed by atoms with Gasteiger partial charge in [0.1, 0.15) is 34.9 Å². The SMILES string of the molecule is NC(=O)c1c(OCc2cc3c(cc2F)CCO3)nsc1NC(=O)NCCCCN1CC[C@@H](F)C1. The maximum absolute atomic E-state index is 14.3. The highest BCUT2D eigenvalue weighted by molar-refractivity contribution is 7.11. The summed E-state index contributed by atoms with van der Waals surface area (Å²) >= 11 is 0.845. The van der Waals surface area contributed by atoms with Crippen molar-refractivity contribution in [2.75, 3.05) is 38.1 Å². The minimum atomic E-state index is -0.825. The first-order valence-electron chi connectivity index (χ1n) is 11.2. The molecule has 184 valence electrons. The molecule has 1 fully saturated rings. The molecule has 0 saturated carbocycles. The molecule has 1 saturated heterocycles. The van der Waals surface area contributed by atoms with Gasteiger partial charge in [0, 0.05) is 37.2 Å². The Kier molecular flexibility index (Phi) is 7.78. The van der Waals surface area contributed by atoms with Gasteiger partial charge in [-0.3, -0.25) is 10.1 Å². The van der Waals surface area contributed by atoms with E-state index in [4.69, 9.17) is 15.2 Å². The Morgan fingerprint density at radius 1 is 1.35 bits per heavy atom. The number of ether oxygens (including phenoxy) is 2. The predicted octanol–water partition coefficient (Wildman–Crippen LogP) is 2.84. The van der Waals surface area contributed by atoms with E-state index in [1.54, 1.807) is 6.07 Å². The first-order valence-corrected chi connectivity index (χ1v) is 12.0. The second-order valence-corrected chi connectivity index (χ2v) is 9.04. The molecule has 0 spiro atoms. The Morgan fingerprint density at radius 3 is 2.97 bits per heavy atom. The average molecular weight is 496 g/mol. The lowest BCUT2D eigenvalue weighted by Crippen LogP contribution is -2.30. The highest BCUT2D eigenvalue weighted by Crippen LogP contribution is 2.32. The van der Waals surface area contributed by atoms with Crippen molar-refractivity contribution in [2.24, 2.45) is 5.73 Å². The molecule has 0 unspecified atom stereocenters. The number of halogens is 2. The van der Waals surface area contributed by atoms with Crippen molar-refractivity contribution < 1.29 is 27.8 Å². The van der Waals surface area contributed by atoms with Gasteiger partial charge in [-0.25, -0.2) is 13.6 Å². The minimum absolute atomic E-state index is 0.0761. The molecule has 2 aromatic rings. The fourth-order valence-corrected chi connectivity index (χ4v) is 4.70. The number of carbonyl (C=O) groups excluding carboxylic acids is 2. The van der Waals surface area contributed by atoms with Crippen LogP contribution in [0.1, 0.15) is 40.7 Å². The van der Waals surface area contributed by atoms with Crippen molar-refractivity contribution in [3.05, 3.63) is 34.6 Å². The number of fused-ring (bicyclic) bond motifs is 1. The van der Waals surface area contributed by atoms with Crippen molar-refractivity contribution in [3.8, 4) is 11.6 Å². The van der Waals surface area contributed by atoms with E-state index in [9.17, 15) is 18.4 Å². The summed E-state index contributed by atoms with van der Waals surface area (Å²) in [4.78, 5) is 26.3. The highest BCUT2D eigenvalue weighted by Gasteiger charge is 2.23. The fraction of sp³-hybridized carbons (Fsp3) is 0.500. The number of nitrogens with one attached hydrogen (secondary N) is 2. The van der Waals surface area contributed by atoms with Crippen molar-refractivity contribution in [2.45, 2.75) is 38.5 Å². The molecule has 0 radical (unpaired) electrons. The smallest absolute Gasteiger partial charge is 0.319 e. The third-order valence-corrected chi connectivity index (χ3v) is 6.50. The lowest BCUT2D eigenvalue weighted by molar-refractivity contribution is 0.0996. The monoisotopic (exact) mass is 495 g/mol. The van der Waals surface area contributed by atoms with Crippen LogP contribution in [0.5, 0.6) is 11.6 Å². The molecule has 3 heterocycles. The summed E-state index contributed by atoms with van der Waals surface area (Å²) in [5, 5.41) is 5.42. The number of hydrogen-bond acceptors (Lipinski definition) is 7. The predicted molar refractivity (Wildman–Crippen MR) is 123 cm³/mol. The topological polar surface area (TPSA) is 119 Å². The number of hydrogen-bond donors (Lipinski definition) is 3.